The van der Waals surface area contributed by atoms with E-state index >= 15 is 0 Å². The average molecular weight is 1640 g/mol. The van der Waals surface area contributed by atoms with Gasteiger partial charge in [0.1, 0.15) is 0 Å². The van der Waals surface area contributed by atoms with Crippen LogP contribution < -0.4 is 0 Å². The van der Waals surface area contributed by atoms with E-state index in [-0.39, 0.29) is 0 Å². The number of hydrogen-bond donors (Lipinski definition) is 0. The Hall–Kier alpha value is -16.4. The summed E-state index contributed by atoms with van der Waals surface area (Å²) in [6.45, 7) is 0. The third kappa shape index (κ3) is 12.0. The summed E-state index contributed by atoms with van der Waals surface area (Å²) in [5.41, 5.74) is 24.5. The Morgan fingerprint density at radius 3 is 0.810 bits per heavy atom. The molecule has 0 saturated heterocycles. The van der Waals surface area contributed by atoms with Gasteiger partial charge in [-0.05, 0) is 131 Å². The number of rotatable bonds is 12. The van der Waals surface area contributed by atoms with Crippen LogP contribution in [0.4, 0.5) is 0 Å². The van der Waals surface area contributed by atoms with Gasteiger partial charge in [-0.3, -0.25) is 0 Å². The minimum absolute atomic E-state index is 0.630. The number of thiophene rings is 2. The van der Waals surface area contributed by atoms with Gasteiger partial charge in [0.15, 0.2) is 34.9 Å². The van der Waals surface area contributed by atoms with Crippen LogP contribution in [-0.2, 0) is 0 Å². The number of aromatic nitrogens is 10. The molecule has 18 aromatic carbocycles. The minimum atomic E-state index is 0.630. The molecule has 0 atom stereocenters. The second-order valence-corrected chi connectivity index (χ2v) is 34.0. The molecule has 588 valence electrons. The zero-order chi connectivity index (χ0) is 82.9. The van der Waals surface area contributed by atoms with Crippen LogP contribution in [0.5, 0.6) is 0 Å². The predicted molar refractivity (Wildman–Crippen MR) is 526 cm³/mol. The van der Waals surface area contributed by atoms with Crippen LogP contribution in [0, 0.1) is 0 Å². The van der Waals surface area contributed by atoms with Gasteiger partial charge in [-0.15, -0.1) is 22.7 Å². The lowest BCUT2D eigenvalue weighted by Crippen LogP contribution is -2.01. The van der Waals surface area contributed by atoms with Crippen LogP contribution in [0.2, 0.25) is 0 Å². The normalized spacial score (nSPS) is 11.8. The summed E-state index contributed by atoms with van der Waals surface area (Å²) in [6.07, 6.45) is 0. The highest BCUT2D eigenvalue weighted by atomic mass is 32.1. The van der Waals surface area contributed by atoms with Crippen molar-refractivity contribution in [1.29, 1.82) is 0 Å². The summed E-state index contributed by atoms with van der Waals surface area (Å²) in [5, 5.41) is 15.1. The van der Waals surface area contributed by atoms with Crippen LogP contribution in [0.1, 0.15) is 0 Å². The lowest BCUT2D eigenvalue weighted by Gasteiger charge is -2.12. The van der Waals surface area contributed by atoms with Gasteiger partial charge < -0.3 is 18.3 Å². The molecule has 10 nitrogen and oxygen atoms in total. The summed E-state index contributed by atoms with van der Waals surface area (Å²) < 4.78 is 14.8. The molecule has 126 heavy (non-hydrogen) atoms. The summed E-state index contributed by atoms with van der Waals surface area (Å²) in [7, 11) is 0. The second-order valence-electron chi connectivity index (χ2n) is 32.0. The van der Waals surface area contributed by atoms with E-state index in [0.29, 0.717) is 34.9 Å². The highest BCUT2D eigenvalue weighted by Crippen LogP contribution is 2.50. The van der Waals surface area contributed by atoms with Gasteiger partial charge in [0.2, 0.25) is 0 Å². The Labute approximate surface area is 731 Å². The number of fused-ring (bicyclic) bond motifs is 20. The van der Waals surface area contributed by atoms with Gasteiger partial charge in [0.05, 0.1) is 53.5 Å². The van der Waals surface area contributed by atoms with Crippen molar-refractivity contribution in [3.8, 4) is 113 Å². The average Bonchev–Trinajstić information content (AvgIpc) is 1.56. The first-order chi connectivity index (χ1) is 62.5. The summed E-state index contributed by atoms with van der Waals surface area (Å²) >= 11 is 3.81. The van der Waals surface area contributed by atoms with Crippen LogP contribution in [0.3, 0.4) is 0 Å². The molecular formula is C114H70N10S2. The Kier molecular flexibility index (Phi) is 17.1. The highest BCUT2D eigenvalue weighted by molar-refractivity contribution is 7.27. The van der Waals surface area contributed by atoms with E-state index in [9.17, 15) is 0 Å². The Balaban J connectivity index is 0.000000137. The van der Waals surface area contributed by atoms with Gasteiger partial charge in [-0.25, -0.2) is 29.9 Å². The molecular weight excluding hydrogens is 1570 g/mol. The molecule has 8 aromatic heterocycles. The van der Waals surface area contributed by atoms with Gasteiger partial charge >= 0.3 is 0 Å². The lowest BCUT2D eigenvalue weighted by atomic mass is 10.0. The molecule has 0 fully saturated rings. The molecule has 0 amide bonds. The lowest BCUT2D eigenvalue weighted by molar-refractivity contribution is 1.07. The fourth-order valence-electron chi connectivity index (χ4n) is 19.0. The fraction of sp³-hybridized carbons (Fsp3) is 0. The molecule has 0 spiro atoms. The number of nitrogens with zero attached hydrogens (tertiary/aromatic N) is 10. The van der Waals surface area contributed by atoms with Crippen LogP contribution in [0.15, 0.2) is 425 Å². The smallest absolute Gasteiger partial charge is 0.164 e. The maximum atomic E-state index is 5.05. The maximum absolute atomic E-state index is 5.05. The molecule has 0 aliphatic rings. The number of benzene rings is 18. The van der Waals surface area contributed by atoms with Crippen LogP contribution >= 0.6 is 22.7 Å². The molecule has 26 aromatic rings. The molecule has 0 aliphatic carbocycles. The van der Waals surface area contributed by atoms with Crippen molar-refractivity contribution in [3.63, 3.8) is 0 Å². The fourth-order valence-corrected chi connectivity index (χ4v) is 21.8. The number of hydrogen-bond acceptors (Lipinski definition) is 8. The van der Waals surface area contributed by atoms with E-state index in [4.69, 9.17) is 29.9 Å². The largest absolute Gasteiger partial charge is 0.309 e. The summed E-state index contributed by atoms with van der Waals surface area (Å²) in [4.78, 5) is 29.9. The SMILES string of the molecule is c1ccc(-c2nc(-c3ccccc3)nc(-c3ccc(-n4c5ccccc5c5cc(-c6cccc7c6sc6c7ccc7c8ccccc8n(-c8ccccc8)c76)ccc54)cc3)n2)cc1.c1ccc(-c2nc(-c3ccccc3)nc(-c3cccc(-n4c5ccccc5c5cc(-c6cccc7c6sc6c7ccc7c8ccccc8n(-c8ccccc8)c76)ccc54)c3)n2)cc1. The van der Waals surface area contributed by atoms with Gasteiger partial charge in [0.25, 0.3) is 0 Å². The Bertz CT molecular complexity index is 8700. The van der Waals surface area contributed by atoms with Gasteiger partial charge in [-0.2, -0.15) is 0 Å². The molecule has 12 heteroatoms. The van der Waals surface area contributed by atoms with E-state index in [1.807, 2.05) is 144 Å². The Morgan fingerprint density at radius 2 is 0.413 bits per heavy atom. The van der Waals surface area contributed by atoms with Gasteiger partial charge in [-0.1, -0.05) is 315 Å². The van der Waals surface area contributed by atoms with E-state index < -0.39 is 0 Å². The molecule has 8 heterocycles. The zero-order valence-corrected chi connectivity index (χ0v) is 69.3. The molecule has 0 N–H and O–H groups in total. The molecule has 26 rings (SSSR count). The predicted octanol–water partition coefficient (Wildman–Crippen LogP) is 30.2. The topological polar surface area (TPSA) is 97.1 Å². The highest BCUT2D eigenvalue weighted by Gasteiger charge is 2.25. The van der Waals surface area contributed by atoms with E-state index in [1.165, 1.54) is 139 Å². The van der Waals surface area contributed by atoms with Crippen LogP contribution in [0.25, 0.3) is 241 Å². The molecule has 0 unspecified atom stereocenters. The van der Waals surface area contributed by atoms with Crippen molar-refractivity contribution in [3.05, 3.63) is 425 Å². The number of para-hydroxylation sites is 6. The van der Waals surface area contributed by atoms with E-state index in [0.717, 1.165) is 66.8 Å². The third-order valence-electron chi connectivity index (χ3n) is 24.7. The second kappa shape index (κ2) is 29.8. The first-order valence-corrected chi connectivity index (χ1v) is 44.0. The Morgan fingerprint density at radius 1 is 0.151 bits per heavy atom. The van der Waals surface area contributed by atoms with Crippen molar-refractivity contribution in [2.24, 2.45) is 0 Å². The standard InChI is InChI=1S/2C57H35N5S/c1-4-16-36(17-5-1)55-58-56(37-18-6-2-7-19-37)60-57(59-55)39-20-14-23-41(34-39)61-49-28-12-11-25-44(49)48-35-38(30-33-51(48)61)42-26-15-27-46-47-32-31-45-43-24-10-13-29-50(43)62(40-21-8-3-9-22-40)52(45)54(47)63-53(42)46;1-4-15-36(16-5-1)55-58-56(37-17-6-2-7-18-37)60-57(59-55)38-27-30-41(31-28-38)61-49-25-12-11-22-44(49)48-35-39(29-34-51(48)61)42-23-14-24-46-47-33-32-45-43-21-10-13-26-50(43)62(40-19-8-3-9-20-40)52(45)54(47)63-53(42)46/h2*1-35H. The van der Waals surface area contributed by atoms with Crippen molar-refractivity contribution >= 4 is 150 Å². The monoisotopic (exact) mass is 1640 g/mol. The molecule has 0 aliphatic heterocycles. The zero-order valence-electron chi connectivity index (χ0n) is 67.7. The molecule has 0 saturated carbocycles. The maximum Gasteiger partial charge on any atom is 0.164 e. The molecule has 0 radical (unpaired) electrons. The van der Waals surface area contributed by atoms with Crippen molar-refractivity contribution in [2.75, 3.05) is 0 Å². The summed E-state index contributed by atoms with van der Waals surface area (Å²) in [5.74, 6) is 3.86. The van der Waals surface area contributed by atoms with Crippen LogP contribution in [-0.4, -0.2) is 48.2 Å². The van der Waals surface area contributed by atoms with Crippen molar-refractivity contribution in [2.45, 2.75) is 0 Å². The van der Waals surface area contributed by atoms with E-state index in [2.05, 4.69) is 322 Å². The van der Waals surface area contributed by atoms with Crippen molar-refractivity contribution < 1.29 is 0 Å². The third-order valence-corrected chi connectivity index (χ3v) is 27.3. The minimum Gasteiger partial charge on any atom is -0.309 e. The van der Waals surface area contributed by atoms with Crippen molar-refractivity contribution in [1.82, 2.24) is 48.2 Å². The van der Waals surface area contributed by atoms with Gasteiger partial charge in [0, 0.05) is 130 Å². The summed E-state index contributed by atoms with van der Waals surface area (Å²) in [6, 6.07) is 151. The quantitative estimate of drug-likeness (QED) is 0.121. The van der Waals surface area contributed by atoms with E-state index in [1.54, 1.807) is 0 Å². The first-order valence-electron chi connectivity index (χ1n) is 42.4. The first kappa shape index (κ1) is 72.4. The molecule has 0 bridgehead atoms.